The molecule has 0 aliphatic carbocycles. The molecule has 0 radical (unpaired) electrons. The van der Waals surface area contributed by atoms with Gasteiger partial charge in [-0.15, -0.1) is 0 Å². The van der Waals surface area contributed by atoms with E-state index in [-0.39, 0.29) is 6.61 Å². The Morgan fingerprint density at radius 3 is 2.60 bits per heavy atom. The maximum atomic E-state index is 8.98. The number of rotatable bonds is 4. The Balaban J connectivity index is 2.66. The summed E-state index contributed by atoms with van der Waals surface area (Å²) in [7, 11) is 0. The first-order valence-corrected chi connectivity index (χ1v) is 5.04. The molecule has 1 aromatic carbocycles. The lowest BCUT2D eigenvalue weighted by Crippen LogP contribution is -2.45. The van der Waals surface area contributed by atoms with E-state index in [4.69, 9.17) is 15.6 Å². The van der Waals surface area contributed by atoms with Crippen LogP contribution in [-0.2, 0) is 0 Å². The van der Waals surface area contributed by atoms with Gasteiger partial charge < -0.3 is 15.6 Å². The Kier molecular flexibility index (Phi) is 3.72. The van der Waals surface area contributed by atoms with Crippen molar-refractivity contribution in [2.24, 2.45) is 5.73 Å². The fraction of sp³-hybridized carbons (Fsp3) is 0.500. The van der Waals surface area contributed by atoms with E-state index in [2.05, 4.69) is 6.07 Å². The van der Waals surface area contributed by atoms with E-state index in [9.17, 15) is 0 Å². The normalized spacial score (nSPS) is 14.7. The highest BCUT2D eigenvalue weighted by Gasteiger charge is 2.18. The van der Waals surface area contributed by atoms with Crippen molar-refractivity contribution in [3.63, 3.8) is 0 Å². The molecule has 3 heteroatoms. The highest BCUT2D eigenvalue weighted by Crippen LogP contribution is 2.19. The van der Waals surface area contributed by atoms with Crippen LogP contribution >= 0.6 is 0 Å². The Hall–Kier alpha value is -1.06. The van der Waals surface area contributed by atoms with Crippen LogP contribution in [0, 0.1) is 13.8 Å². The largest absolute Gasteiger partial charge is 0.491 e. The number of nitrogens with two attached hydrogens (primary N) is 1. The third-order valence-corrected chi connectivity index (χ3v) is 2.25. The smallest absolute Gasteiger partial charge is 0.122 e. The number of aliphatic hydroxyl groups is 1. The molecule has 0 aromatic heterocycles. The van der Waals surface area contributed by atoms with E-state index in [0.29, 0.717) is 6.61 Å². The molecular weight excluding hydrogens is 190 g/mol. The molecule has 1 unspecified atom stereocenters. The van der Waals surface area contributed by atoms with Gasteiger partial charge in [-0.1, -0.05) is 17.7 Å². The molecule has 0 fully saturated rings. The second-order valence-electron chi connectivity index (χ2n) is 4.37. The van der Waals surface area contributed by atoms with Crippen LogP contribution in [0.3, 0.4) is 0 Å². The molecule has 0 aliphatic rings. The lowest BCUT2D eigenvalue weighted by Gasteiger charge is -2.22. The van der Waals surface area contributed by atoms with Crippen molar-refractivity contribution in [3.05, 3.63) is 29.3 Å². The Morgan fingerprint density at radius 2 is 2.07 bits per heavy atom. The third-order valence-electron chi connectivity index (χ3n) is 2.25. The van der Waals surface area contributed by atoms with Gasteiger partial charge in [-0.3, -0.25) is 0 Å². The van der Waals surface area contributed by atoms with Gasteiger partial charge in [0.05, 0.1) is 12.1 Å². The predicted octanol–water partition coefficient (Wildman–Crippen LogP) is 1.39. The van der Waals surface area contributed by atoms with Crippen molar-refractivity contribution in [2.45, 2.75) is 26.3 Å². The summed E-state index contributed by atoms with van der Waals surface area (Å²) in [5.74, 6) is 0.825. The fourth-order valence-electron chi connectivity index (χ4n) is 1.25. The molecule has 0 saturated carbocycles. The minimum Gasteiger partial charge on any atom is -0.491 e. The Morgan fingerprint density at radius 1 is 1.40 bits per heavy atom. The van der Waals surface area contributed by atoms with Gasteiger partial charge in [0.25, 0.3) is 0 Å². The first kappa shape index (κ1) is 12.0. The summed E-state index contributed by atoms with van der Waals surface area (Å²) in [5.41, 5.74) is 7.38. The zero-order chi connectivity index (χ0) is 11.5. The van der Waals surface area contributed by atoms with E-state index in [1.165, 1.54) is 5.56 Å². The number of aryl methyl sites for hydroxylation is 2. The number of hydrogen-bond donors (Lipinski definition) is 2. The van der Waals surface area contributed by atoms with Gasteiger partial charge in [-0.2, -0.15) is 0 Å². The van der Waals surface area contributed by atoms with E-state index in [1.54, 1.807) is 6.92 Å². The van der Waals surface area contributed by atoms with Crippen LogP contribution in [0.5, 0.6) is 5.75 Å². The molecule has 1 rings (SSSR count). The van der Waals surface area contributed by atoms with E-state index < -0.39 is 5.54 Å². The summed E-state index contributed by atoms with van der Waals surface area (Å²) in [6.45, 7) is 6.02. The molecule has 0 saturated heterocycles. The molecular formula is C12H19NO2. The molecule has 0 heterocycles. The summed E-state index contributed by atoms with van der Waals surface area (Å²) in [5, 5.41) is 8.98. The first-order valence-electron chi connectivity index (χ1n) is 5.04. The number of ether oxygens (including phenoxy) is 1. The van der Waals surface area contributed by atoms with Gasteiger partial charge in [-0.05, 0) is 32.4 Å². The SMILES string of the molecule is Cc1ccc(OCC(C)(N)CO)c(C)c1. The summed E-state index contributed by atoms with van der Waals surface area (Å²) in [6.07, 6.45) is 0. The molecule has 1 aromatic rings. The van der Waals surface area contributed by atoms with Gasteiger partial charge in [0.1, 0.15) is 12.4 Å². The summed E-state index contributed by atoms with van der Waals surface area (Å²) in [6, 6.07) is 5.98. The van der Waals surface area contributed by atoms with Crippen LogP contribution in [0.25, 0.3) is 0 Å². The van der Waals surface area contributed by atoms with Crippen molar-refractivity contribution in [1.29, 1.82) is 0 Å². The van der Waals surface area contributed by atoms with Gasteiger partial charge >= 0.3 is 0 Å². The minimum atomic E-state index is -0.683. The van der Waals surface area contributed by atoms with Crippen molar-refractivity contribution in [3.8, 4) is 5.75 Å². The fourth-order valence-corrected chi connectivity index (χ4v) is 1.25. The molecule has 3 nitrogen and oxygen atoms in total. The van der Waals surface area contributed by atoms with Crippen LogP contribution in [0.1, 0.15) is 18.1 Å². The topological polar surface area (TPSA) is 55.5 Å². The highest BCUT2D eigenvalue weighted by molar-refractivity contribution is 5.35. The predicted molar refractivity (Wildman–Crippen MR) is 61.1 cm³/mol. The first-order chi connectivity index (χ1) is 6.94. The van der Waals surface area contributed by atoms with Gasteiger partial charge in [0.15, 0.2) is 0 Å². The standard InChI is InChI=1S/C12H19NO2/c1-9-4-5-11(10(2)6-9)15-8-12(3,13)7-14/h4-6,14H,7-8,13H2,1-3H3. The van der Waals surface area contributed by atoms with Crippen LogP contribution in [0.15, 0.2) is 18.2 Å². The molecule has 1 atom stereocenters. The van der Waals surface area contributed by atoms with Crippen LogP contribution in [0.2, 0.25) is 0 Å². The van der Waals surface area contributed by atoms with Crippen LogP contribution < -0.4 is 10.5 Å². The molecule has 0 bridgehead atoms. The summed E-state index contributed by atoms with van der Waals surface area (Å²) in [4.78, 5) is 0. The van der Waals surface area contributed by atoms with E-state index in [0.717, 1.165) is 11.3 Å². The second kappa shape index (κ2) is 4.64. The van der Waals surface area contributed by atoms with Crippen LogP contribution in [0.4, 0.5) is 0 Å². The number of hydrogen-bond acceptors (Lipinski definition) is 3. The molecule has 0 spiro atoms. The quantitative estimate of drug-likeness (QED) is 0.788. The highest BCUT2D eigenvalue weighted by atomic mass is 16.5. The summed E-state index contributed by atoms with van der Waals surface area (Å²) >= 11 is 0. The maximum Gasteiger partial charge on any atom is 0.122 e. The maximum absolute atomic E-state index is 8.98. The lowest BCUT2D eigenvalue weighted by molar-refractivity contribution is 0.145. The lowest BCUT2D eigenvalue weighted by atomic mass is 10.1. The Labute approximate surface area is 90.9 Å². The van der Waals surface area contributed by atoms with Crippen molar-refractivity contribution in [2.75, 3.05) is 13.2 Å². The van der Waals surface area contributed by atoms with Crippen LogP contribution in [-0.4, -0.2) is 23.9 Å². The average molecular weight is 209 g/mol. The molecule has 15 heavy (non-hydrogen) atoms. The molecule has 84 valence electrons. The molecule has 3 N–H and O–H groups in total. The van der Waals surface area contributed by atoms with Crippen molar-refractivity contribution >= 4 is 0 Å². The molecule has 0 aliphatic heterocycles. The van der Waals surface area contributed by atoms with Gasteiger partial charge in [-0.25, -0.2) is 0 Å². The zero-order valence-electron chi connectivity index (χ0n) is 9.58. The molecule has 0 amide bonds. The van der Waals surface area contributed by atoms with Crippen molar-refractivity contribution < 1.29 is 9.84 Å². The Bertz CT molecular complexity index is 334. The minimum absolute atomic E-state index is 0.0854. The third kappa shape index (κ3) is 3.53. The summed E-state index contributed by atoms with van der Waals surface area (Å²) < 4.78 is 5.56. The number of benzene rings is 1. The van der Waals surface area contributed by atoms with Gasteiger partial charge in [0.2, 0.25) is 0 Å². The second-order valence-corrected chi connectivity index (χ2v) is 4.37. The van der Waals surface area contributed by atoms with E-state index >= 15 is 0 Å². The van der Waals surface area contributed by atoms with Gasteiger partial charge in [0, 0.05) is 0 Å². The number of aliphatic hydroxyl groups excluding tert-OH is 1. The van der Waals surface area contributed by atoms with Crippen molar-refractivity contribution in [1.82, 2.24) is 0 Å². The average Bonchev–Trinajstić information content (AvgIpc) is 2.16. The van der Waals surface area contributed by atoms with E-state index in [1.807, 2.05) is 26.0 Å². The monoisotopic (exact) mass is 209 g/mol. The zero-order valence-corrected chi connectivity index (χ0v) is 9.58.